The Morgan fingerprint density at radius 1 is 1.38 bits per heavy atom. The minimum atomic E-state index is -0.148. The molecule has 0 saturated heterocycles. The van der Waals surface area contributed by atoms with Gasteiger partial charge in [-0.1, -0.05) is 16.1 Å². The Kier molecular flexibility index (Phi) is 3.48. The van der Waals surface area contributed by atoms with Crippen molar-refractivity contribution in [2.45, 2.75) is 6.54 Å². The molecule has 16 heavy (non-hydrogen) atoms. The van der Waals surface area contributed by atoms with Crippen LogP contribution in [0.3, 0.4) is 0 Å². The summed E-state index contributed by atoms with van der Waals surface area (Å²) >= 11 is 6.99. The molecule has 0 spiro atoms. The summed E-state index contributed by atoms with van der Waals surface area (Å²) in [5, 5.41) is 8.98. The molecule has 1 amide bonds. The number of rotatable bonds is 3. The Morgan fingerprint density at radius 3 is 2.75 bits per heavy atom. The molecule has 6 heteroatoms. The van der Waals surface area contributed by atoms with Crippen LogP contribution in [-0.2, 0) is 6.54 Å². The smallest absolute Gasteiger partial charge is 0.251 e. The summed E-state index contributed by atoms with van der Waals surface area (Å²) in [5.74, 6) is -0.148. The first-order chi connectivity index (χ1) is 7.75. The Bertz CT molecular complexity index is 469. The molecule has 2 rings (SSSR count). The second kappa shape index (κ2) is 5.05. The van der Waals surface area contributed by atoms with E-state index in [0.717, 1.165) is 5.69 Å². The van der Waals surface area contributed by atoms with Crippen molar-refractivity contribution >= 4 is 29.0 Å². The third kappa shape index (κ3) is 2.77. The number of nitrogens with one attached hydrogen (secondary N) is 1. The second-order valence-electron chi connectivity index (χ2n) is 3.09. The van der Waals surface area contributed by atoms with Gasteiger partial charge in [-0.2, -0.15) is 0 Å². The van der Waals surface area contributed by atoms with Crippen LogP contribution in [0.5, 0.6) is 0 Å². The SMILES string of the molecule is O=C(NCc1csnn1)c1ccc(Cl)cc1. The van der Waals surface area contributed by atoms with Crippen LogP contribution in [0.1, 0.15) is 16.1 Å². The van der Waals surface area contributed by atoms with Gasteiger partial charge in [-0.3, -0.25) is 4.79 Å². The van der Waals surface area contributed by atoms with E-state index in [2.05, 4.69) is 14.9 Å². The molecule has 0 unspecified atom stereocenters. The Balaban J connectivity index is 1.95. The van der Waals surface area contributed by atoms with Gasteiger partial charge in [0.25, 0.3) is 5.91 Å². The molecule has 2 aromatic rings. The van der Waals surface area contributed by atoms with Crippen LogP contribution < -0.4 is 5.32 Å². The highest BCUT2D eigenvalue weighted by Gasteiger charge is 2.05. The summed E-state index contributed by atoms with van der Waals surface area (Å²) in [7, 11) is 0. The van der Waals surface area contributed by atoms with Crippen molar-refractivity contribution in [1.29, 1.82) is 0 Å². The first kappa shape index (κ1) is 11.0. The fourth-order valence-electron chi connectivity index (χ4n) is 1.14. The number of carbonyl (C=O) groups is 1. The van der Waals surface area contributed by atoms with E-state index in [1.807, 2.05) is 0 Å². The molecule has 1 heterocycles. The third-order valence-electron chi connectivity index (χ3n) is 1.94. The zero-order chi connectivity index (χ0) is 11.4. The largest absolute Gasteiger partial charge is 0.346 e. The number of amides is 1. The summed E-state index contributed by atoms with van der Waals surface area (Å²) in [4.78, 5) is 11.7. The molecule has 0 aliphatic carbocycles. The highest BCUT2D eigenvalue weighted by atomic mass is 35.5. The highest BCUT2D eigenvalue weighted by Crippen LogP contribution is 2.09. The maximum atomic E-state index is 11.7. The first-order valence-electron chi connectivity index (χ1n) is 4.55. The van der Waals surface area contributed by atoms with Gasteiger partial charge in [0.05, 0.1) is 12.2 Å². The van der Waals surface area contributed by atoms with Crippen molar-refractivity contribution < 1.29 is 4.79 Å². The zero-order valence-corrected chi connectivity index (χ0v) is 9.76. The molecular weight excluding hydrogens is 246 g/mol. The van der Waals surface area contributed by atoms with Crippen molar-refractivity contribution in [1.82, 2.24) is 14.9 Å². The van der Waals surface area contributed by atoms with E-state index in [1.54, 1.807) is 29.6 Å². The molecule has 0 radical (unpaired) electrons. The monoisotopic (exact) mass is 253 g/mol. The van der Waals surface area contributed by atoms with Crippen LogP contribution in [0.2, 0.25) is 5.02 Å². The molecular formula is C10H8ClN3OS. The average molecular weight is 254 g/mol. The van der Waals surface area contributed by atoms with Crippen molar-refractivity contribution in [2.24, 2.45) is 0 Å². The minimum Gasteiger partial charge on any atom is -0.346 e. The molecule has 0 fully saturated rings. The van der Waals surface area contributed by atoms with Crippen LogP contribution in [-0.4, -0.2) is 15.5 Å². The Morgan fingerprint density at radius 2 is 2.12 bits per heavy atom. The molecule has 1 aromatic carbocycles. The van der Waals surface area contributed by atoms with Gasteiger partial charge < -0.3 is 5.32 Å². The third-order valence-corrected chi connectivity index (χ3v) is 2.75. The van der Waals surface area contributed by atoms with Crippen LogP contribution >= 0.6 is 23.1 Å². The molecule has 0 bridgehead atoms. The number of carbonyl (C=O) groups excluding carboxylic acids is 1. The minimum absolute atomic E-state index is 0.148. The zero-order valence-electron chi connectivity index (χ0n) is 8.18. The van der Waals surface area contributed by atoms with Crippen LogP contribution in [0.4, 0.5) is 0 Å². The lowest BCUT2D eigenvalue weighted by Crippen LogP contribution is -2.22. The van der Waals surface area contributed by atoms with E-state index in [-0.39, 0.29) is 5.91 Å². The van der Waals surface area contributed by atoms with Gasteiger partial charge >= 0.3 is 0 Å². The molecule has 0 atom stereocenters. The normalized spacial score (nSPS) is 10.1. The second-order valence-corrected chi connectivity index (χ2v) is 4.13. The van der Waals surface area contributed by atoms with Crippen LogP contribution in [0.25, 0.3) is 0 Å². The van der Waals surface area contributed by atoms with Crippen molar-refractivity contribution in [3.8, 4) is 0 Å². The summed E-state index contributed by atoms with van der Waals surface area (Å²) in [6, 6.07) is 6.72. The fourth-order valence-corrected chi connectivity index (χ4v) is 1.71. The lowest BCUT2D eigenvalue weighted by atomic mass is 10.2. The molecule has 0 saturated carbocycles. The molecule has 0 aliphatic rings. The predicted octanol–water partition coefficient (Wildman–Crippen LogP) is 2.12. The number of benzene rings is 1. The summed E-state index contributed by atoms with van der Waals surface area (Å²) in [5.41, 5.74) is 1.33. The molecule has 1 N–H and O–H groups in total. The quantitative estimate of drug-likeness (QED) is 0.912. The van der Waals surface area contributed by atoms with E-state index in [1.165, 1.54) is 11.5 Å². The highest BCUT2D eigenvalue weighted by molar-refractivity contribution is 7.03. The number of hydrogen-bond acceptors (Lipinski definition) is 4. The molecule has 4 nitrogen and oxygen atoms in total. The Labute approximate surface area is 101 Å². The average Bonchev–Trinajstić information content (AvgIpc) is 2.80. The van der Waals surface area contributed by atoms with E-state index in [9.17, 15) is 4.79 Å². The van der Waals surface area contributed by atoms with Gasteiger partial charge in [0.2, 0.25) is 0 Å². The van der Waals surface area contributed by atoms with Crippen LogP contribution in [0.15, 0.2) is 29.6 Å². The van der Waals surface area contributed by atoms with E-state index >= 15 is 0 Å². The maximum absolute atomic E-state index is 11.7. The molecule has 82 valence electrons. The molecule has 0 aliphatic heterocycles. The maximum Gasteiger partial charge on any atom is 0.251 e. The van der Waals surface area contributed by atoms with Crippen molar-refractivity contribution in [3.63, 3.8) is 0 Å². The molecule has 1 aromatic heterocycles. The van der Waals surface area contributed by atoms with Crippen molar-refractivity contribution in [2.75, 3.05) is 0 Å². The van der Waals surface area contributed by atoms with Gasteiger partial charge in [0.1, 0.15) is 0 Å². The van der Waals surface area contributed by atoms with Gasteiger partial charge in [-0.05, 0) is 35.8 Å². The van der Waals surface area contributed by atoms with Gasteiger partial charge in [0.15, 0.2) is 0 Å². The lowest BCUT2D eigenvalue weighted by Gasteiger charge is -2.02. The van der Waals surface area contributed by atoms with E-state index < -0.39 is 0 Å². The Hall–Kier alpha value is -1.46. The van der Waals surface area contributed by atoms with Crippen LogP contribution in [0, 0.1) is 0 Å². The standard InChI is InChI=1S/C10H8ClN3OS/c11-8-3-1-7(2-4-8)10(15)12-5-9-6-16-14-13-9/h1-4,6H,5H2,(H,12,15). The van der Waals surface area contributed by atoms with E-state index in [4.69, 9.17) is 11.6 Å². The topological polar surface area (TPSA) is 54.9 Å². The summed E-state index contributed by atoms with van der Waals surface area (Å²) in [6.45, 7) is 0.387. The first-order valence-corrected chi connectivity index (χ1v) is 5.77. The number of halogens is 1. The summed E-state index contributed by atoms with van der Waals surface area (Å²) < 4.78 is 3.71. The number of aromatic nitrogens is 2. The number of hydrogen-bond donors (Lipinski definition) is 1. The fraction of sp³-hybridized carbons (Fsp3) is 0.100. The number of nitrogens with zero attached hydrogens (tertiary/aromatic N) is 2. The van der Waals surface area contributed by atoms with Gasteiger partial charge in [-0.25, -0.2) is 0 Å². The lowest BCUT2D eigenvalue weighted by molar-refractivity contribution is 0.0950. The van der Waals surface area contributed by atoms with Crippen molar-refractivity contribution in [3.05, 3.63) is 45.9 Å². The summed E-state index contributed by atoms with van der Waals surface area (Å²) in [6.07, 6.45) is 0. The predicted molar refractivity (Wildman–Crippen MR) is 62.5 cm³/mol. The van der Waals surface area contributed by atoms with E-state index in [0.29, 0.717) is 17.1 Å². The van der Waals surface area contributed by atoms with Gasteiger partial charge in [0, 0.05) is 16.0 Å². The van der Waals surface area contributed by atoms with Gasteiger partial charge in [-0.15, -0.1) is 5.10 Å².